The molecule has 6 nitrogen and oxygen atoms in total. The molecule has 0 aliphatic carbocycles. The van der Waals surface area contributed by atoms with Crippen LogP contribution in [0.2, 0.25) is 0 Å². The molecule has 0 N–H and O–H groups in total. The van der Waals surface area contributed by atoms with Gasteiger partial charge in [-0.1, -0.05) is 6.92 Å². The van der Waals surface area contributed by atoms with Crippen molar-refractivity contribution in [3.8, 4) is 37.0 Å². The van der Waals surface area contributed by atoms with Crippen molar-refractivity contribution < 1.29 is 28.6 Å². The maximum Gasteiger partial charge on any atom is 0.384 e. The summed E-state index contributed by atoms with van der Waals surface area (Å²) in [5, 5.41) is 0. The van der Waals surface area contributed by atoms with Crippen LogP contribution < -0.4 is 0 Å². The van der Waals surface area contributed by atoms with Crippen molar-refractivity contribution >= 4 is 17.9 Å². The second-order valence-corrected chi connectivity index (χ2v) is 4.01. The van der Waals surface area contributed by atoms with Crippen molar-refractivity contribution in [2.24, 2.45) is 5.41 Å². The van der Waals surface area contributed by atoms with Crippen LogP contribution in [0.5, 0.6) is 0 Å². The van der Waals surface area contributed by atoms with Crippen molar-refractivity contribution in [1.82, 2.24) is 0 Å². The van der Waals surface area contributed by atoms with Crippen LogP contribution in [-0.2, 0) is 28.6 Å². The largest absolute Gasteiger partial charge is 0.455 e. The highest BCUT2D eigenvalue weighted by atomic mass is 16.6. The molecule has 0 fully saturated rings. The first-order chi connectivity index (χ1) is 9.92. The van der Waals surface area contributed by atoms with Gasteiger partial charge in [-0.3, -0.25) is 0 Å². The molecule has 21 heavy (non-hydrogen) atoms. The predicted octanol–water partition coefficient (Wildman–Crippen LogP) is -0.0880. The Morgan fingerprint density at radius 3 is 1.29 bits per heavy atom. The van der Waals surface area contributed by atoms with Crippen molar-refractivity contribution in [3.63, 3.8) is 0 Å². The molecule has 0 atom stereocenters. The number of carbonyl (C=O) groups is 3. The van der Waals surface area contributed by atoms with E-state index >= 15 is 0 Å². The van der Waals surface area contributed by atoms with Crippen molar-refractivity contribution in [3.05, 3.63) is 0 Å². The van der Waals surface area contributed by atoms with Gasteiger partial charge in [0.15, 0.2) is 0 Å². The number of esters is 3. The molecule has 0 aromatic rings. The molecule has 0 spiro atoms. The van der Waals surface area contributed by atoms with Gasteiger partial charge in [-0.15, -0.1) is 19.3 Å². The number of ether oxygens (including phenoxy) is 3. The van der Waals surface area contributed by atoms with Gasteiger partial charge in [0.25, 0.3) is 0 Å². The summed E-state index contributed by atoms with van der Waals surface area (Å²) in [7, 11) is 0. The van der Waals surface area contributed by atoms with Crippen molar-refractivity contribution in [1.29, 1.82) is 0 Å². The summed E-state index contributed by atoms with van der Waals surface area (Å²) >= 11 is 0. The second kappa shape index (κ2) is 9.07. The van der Waals surface area contributed by atoms with Gasteiger partial charge in [0.2, 0.25) is 0 Å². The Bertz CT molecular complexity index is 452. The first-order valence-electron chi connectivity index (χ1n) is 5.83. The van der Waals surface area contributed by atoms with Gasteiger partial charge < -0.3 is 14.2 Å². The molecule has 0 rings (SSSR count). The van der Waals surface area contributed by atoms with Gasteiger partial charge in [0.05, 0.1) is 5.41 Å². The third-order valence-corrected chi connectivity index (χ3v) is 2.63. The first kappa shape index (κ1) is 18.1. The number of carbonyl (C=O) groups excluding carboxylic acids is 3. The van der Waals surface area contributed by atoms with E-state index in [0.29, 0.717) is 6.42 Å². The molecule has 0 aromatic heterocycles. The number of rotatable bonds is 7. The van der Waals surface area contributed by atoms with E-state index in [9.17, 15) is 14.4 Å². The molecule has 6 heteroatoms. The zero-order valence-corrected chi connectivity index (χ0v) is 11.5. The van der Waals surface area contributed by atoms with Crippen LogP contribution in [0.3, 0.4) is 0 Å². The van der Waals surface area contributed by atoms with Gasteiger partial charge in [-0.2, -0.15) is 0 Å². The lowest BCUT2D eigenvalue weighted by Crippen LogP contribution is -2.38. The Kier molecular flexibility index (Phi) is 7.81. The fraction of sp³-hybridized carbons (Fsp3) is 0.400. The maximum atomic E-state index is 11.0. The Morgan fingerprint density at radius 2 is 1.10 bits per heavy atom. The molecule has 0 aromatic carbocycles. The standard InChI is InChI=1S/C15H14O6/c1-5-12(16)19-9-15(8-4,10-20-13(17)6-2)11-21-14(18)7-3/h1-3H,8-11H2,4H3. The molecule has 0 radical (unpaired) electrons. The minimum absolute atomic E-state index is 0.220. The van der Waals surface area contributed by atoms with Crippen LogP contribution in [-0.4, -0.2) is 37.7 Å². The molecule has 0 aliphatic rings. The molecule has 0 saturated carbocycles. The van der Waals surface area contributed by atoms with Crippen LogP contribution in [0.15, 0.2) is 0 Å². The minimum Gasteiger partial charge on any atom is -0.455 e. The van der Waals surface area contributed by atoms with E-state index in [1.165, 1.54) is 0 Å². The Morgan fingerprint density at radius 1 is 0.810 bits per heavy atom. The molecular weight excluding hydrogens is 276 g/mol. The smallest absolute Gasteiger partial charge is 0.384 e. The monoisotopic (exact) mass is 290 g/mol. The summed E-state index contributed by atoms with van der Waals surface area (Å²) in [6.45, 7) is 1.06. The lowest BCUT2D eigenvalue weighted by Gasteiger charge is -2.30. The highest BCUT2D eigenvalue weighted by Crippen LogP contribution is 2.24. The summed E-state index contributed by atoms with van der Waals surface area (Å²) in [5.74, 6) is 2.65. The normalized spacial score (nSPS) is 9.43. The van der Waals surface area contributed by atoms with Crippen molar-refractivity contribution in [2.45, 2.75) is 13.3 Å². The van der Waals surface area contributed by atoms with E-state index in [1.54, 1.807) is 24.7 Å². The van der Waals surface area contributed by atoms with E-state index in [2.05, 4.69) is 0 Å². The first-order valence-corrected chi connectivity index (χ1v) is 5.83. The molecule has 0 amide bonds. The average molecular weight is 290 g/mol. The molecule has 0 saturated heterocycles. The lowest BCUT2D eigenvalue weighted by atomic mass is 9.88. The van der Waals surface area contributed by atoms with Crippen LogP contribution >= 0.6 is 0 Å². The summed E-state index contributed by atoms with van der Waals surface area (Å²) in [6, 6.07) is 0. The average Bonchev–Trinajstić information content (AvgIpc) is 2.53. The maximum absolute atomic E-state index is 11.0. The third-order valence-electron chi connectivity index (χ3n) is 2.63. The molecule has 110 valence electrons. The fourth-order valence-electron chi connectivity index (χ4n) is 1.21. The Hall–Kier alpha value is -2.91. The Labute approximate surface area is 123 Å². The molecule has 0 unspecified atom stereocenters. The quantitative estimate of drug-likeness (QED) is 0.282. The van der Waals surface area contributed by atoms with Crippen LogP contribution in [0.25, 0.3) is 0 Å². The van der Waals surface area contributed by atoms with Gasteiger partial charge >= 0.3 is 17.9 Å². The van der Waals surface area contributed by atoms with E-state index in [4.69, 9.17) is 33.5 Å². The van der Waals surface area contributed by atoms with Gasteiger partial charge in [0.1, 0.15) is 19.8 Å². The predicted molar refractivity (Wildman–Crippen MR) is 72.1 cm³/mol. The second-order valence-electron chi connectivity index (χ2n) is 4.01. The summed E-state index contributed by atoms with van der Waals surface area (Å²) in [6.07, 6.45) is 15.0. The van der Waals surface area contributed by atoms with E-state index < -0.39 is 23.3 Å². The molecule has 0 heterocycles. The van der Waals surface area contributed by atoms with Crippen LogP contribution in [0.4, 0.5) is 0 Å². The highest BCUT2D eigenvalue weighted by molar-refractivity contribution is 5.88. The molecule has 0 bridgehead atoms. The van der Waals surface area contributed by atoms with Gasteiger partial charge in [-0.25, -0.2) is 14.4 Å². The van der Waals surface area contributed by atoms with Crippen LogP contribution in [0, 0.1) is 42.4 Å². The van der Waals surface area contributed by atoms with Gasteiger partial charge in [-0.05, 0) is 6.42 Å². The summed E-state index contributed by atoms with van der Waals surface area (Å²) < 4.78 is 14.5. The van der Waals surface area contributed by atoms with Crippen LogP contribution in [0.1, 0.15) is 13.3 Å². The number of hydrogen-bond acceptors (Lipinski definition) is 6. The van der Waals surface area contributed by atoms with E-state index in [0.717, 1.165) is 0 Å². The third kappa shape index (κ3) is 6.71. The SMILES string of the molecule is C#CC(=O)OCC(CC)(COC(=O)C#C)COC(=O)C#C. The lowest BCUT2D eigenvalue weighted by molar-refractivity contribution is -0.154. The Balaban J connectivity index is 4.91. The topological polar surface area (TPSA) is 78.9 Å². The molecule has 0 aliphatic heterocycles. The minimum atomic E-state index is -0.981. The summed E-state index contributed by atoms with van der Waals surface area (Å²) in [5.41, 5.74) is -0.981. The van der Waals surface area contributed by atoms with E-state index in [1.807, 2.05) is 0 Å². The number of hydrogen-bond donors (Lipinski definition) is 0. The zero-order chi connectivity index (χ0) is 16.3. The fourth-order valence-corrected chi connectivity index (χ4v) is 1.21. The van der Waals surface area contributed by atoms with Gasteiger partial charge in [0, 0.05) is 17.8 Å². The summed E-state index contributed by atoms with van der Waals surface area (Å²) in [4.78, 5) is 33.1. The molecular formula is C15H14O6. The zero-order valence-electron chi connectivity index (χ0n) is 11.5. The number of terminal acetylenes is 3. The highest BCUT2D eigenvalue weighted by Gasteiger charge is 2.33. The van der Waals surface area contributed by atoms with E-state index in [-0.39, 0.29) is 19.8 Å². The van der Waals surface area contributed by atoms with Crippen molar-refractivity contribution in [2.75, 3.05) is 19.8 Å².